The summed E-state index contributed by atoms with van der Waals surface area (Å²) >= 11 is 6.06. The van der Waals surface area contributed by atoms with Crippen molar-refractivity contribution in [3.05, 3.63) is 59.1 Å². The molecule has 28 heavy (non-hydrogen) atoms. The van der Waals surface area contributed by atoms with Gasteiger partial charge in [0.1, 0.15) is 0 Å². The minimum absolute atomic E-state index is 0.00655. The highest BCUT2D eigenvalue weighted by Crippen LogP contribution is 2.26. The summed E-state index contributed by atoms with van der Waals surface area (Å²) in [6.45, 7) is 3.26. The third-order valence-corrected chi connectivity index (χ3v) is 6.12. The van der Waals surface area contributed by atoms with E-state index in [0.29, 0.717) is 16.6 Å². The van der Waals surface area contributed by atoms with Crippen LogP contribution in [0.15, 0.2) is 48.5 Å². The molecule has 2 N–H and O–H groups in total. The summed E-state index contributed by atoms with van der Waals surface area (Å²) in [7, 11) is 0. The second kappa shape index (κ2) is 7.94. The zero-order chi connectivity index (χ0) is 19.7. The number of nitrogens with zero attached hydrogens (tertiary/aromatic N) is 2. The molecule has 0 saturated carbocycles. The number of rotatable bonds is 4. The summed E-state index contributed by atoms with van der Waals surface area (Å²) < 4.78 is 0. The highest BCUT2D eigenvalue weighted by Gasteiger charge is 2.37. The Morgan fingerprint density at radius 3 is 2.25 bits per heavy atom. The van der Waals surface area contributed by atoms with E-state index in [9.17, 15) is 9.59 Å². The van der Waals surface area contributed by atoms with Crippen LogP contribution in [-0.2, 0) is 4.79 Å². The van der Waals surface area contributed by atoms with E-state index in [2.05, 4.69) is 4.90 Å². The second-order valence-corrected chi connectivity index (χ2v) is 8.10. The average Bonchev–Trinajstić information content (AvgIpc) is 2.67. The van der Waals surface area contributed by atoms with Gasteiger partial charge in [0.05, 0.1) is 0 Å². The van der Waals surface area contributed by atoms with Gasteiger partial charge < -0.3 is 10.6 Å². The summed E-state index contributed by atoms with van der Waals surface area (Å²) in [5, 5.41) is 0.698. The molecule has 0 spiro atoms. The molecular formula is C22H24ClN3O2. The molecule has 2 aromatic rings. The van der Waals surface area contributed by atoms with E-state index in [1.165, 1.54) is 0 Å². The van der Waals surface area contributed by atoms with E-state index in [4.69, 9.17) is 17.3 Å². The molecule has 2 aliphatic heterocycles. The van der Waals surface area contributed by atoms with Crippen molar-refractivity contribution in [3.63, 3.8) is 0 Å². The van der Waals surface area contributed by atoms with Crippen LogP contribution in [0.5, 0.6) is 0 Å². The van der Waals surface area contributed by atoms with Crippen LogP contribution in [0.2, 0.25) is 5.02 Å². The summed E-state index contributed by atoms with van der Waals surface area (Å²) in [4.78, 5) is 28.3. The molecule has 2 heterocycles. The molecule has 2 amide bonds. The first kappa shape index (κ1) is 19.0. The molecule has 0 radical (unpaired) electrons. The van der Waals surface area contributed by atoms with Crippen LogP contribution in [0, 0.1) is 5.92 Å². The summed E-state index contributed by atoms with van der Waals surface area (Å²) in [6.07, 6.45) is 1.65. The van der Waals surface area contributed by atoms with Gasteiger partial charge in [-0.25, -0.2) is 0 Å². The van der Waals surface area contributed by atoms with E-state index >= 15 is 0 Å². The van der Waals surface area contributed by atoms with Gasteiger partial charge in [-0.1, -0.05) is 35.9 Å². The predicted octanol–water partition coefficient (Wildman–Crippen LogP) is 3.03. The SMILES string of the molecule is NC(=O)C1CCN(C2CN(C(=O)c3ccc(-c4cccc(Cl)c4)cc3)C2)CC1. The third-order valence-electron chi connectivity index (χ3n) is 5.89. The molecule has 0 atom stereocenters. The van der Waals surface area contributed by atoms with Crippen LogP contribution >= 0.6 is 11.6 Å². The summed E-state index contributed by atoms with van der Waals surface area (Å²) in [5.41, 5.74) is 8.18. The van der Waals surface area contributed by atoms with Crippen LogP contribution in [-0.4, -0.2) is 53.8 Å². The fraction of sp³-hybridized carbons (Fsp3) is 0.364. The first-order valence-electron chi connectivity index (χ1n) is 9.70. The number of likely N-dealkylation sites (tertiary alicyclic amines) is 2. The van der Waals surface area contributed by atoms with E-state index < -0.39 is 0 Å². The Bertz CT molecular complexity index is 870. The standard InChI is InChI=1S/C22H24ClN3O2/c23-19-3-1-2-18(12-19)15-4-6-17(7-5-15)22(28)26-13-20(14-26)25-10-8-16(9-11-25)21(24)27/h1-7,12,16,20H,8-11,13-14H2,(H2,24,27). The van der Waals surface area contributed by atoms with E-state index in [1.54, 1.807) is 0 Å². The molecule has 2 aliphatic rings. The number of carbonyl (C=O) groups is 2. The Morgan fingerprint density at radius 2 is 1.64 bits per heavy atom. The van der Waals surface area contributed by atoms with Crippen molar-refractivity contribution < 1.29 is 9.59 Å². The maximum atomic E-state index is 12.7. The van der Waals surface area contributed by atoms with Crippen LogP contribution in [0.1, 0.15) is 23.2 Å². The number of primary amides is 1. The minimum Gasteiger partial charge on any atom is -0.369 e. The lowest BCUT2D eigenvalue weighted by Gasteiger charge is -2.47. The first-order chi connectivity index (χ1) is 13.5. The molecule has 2 fully saturated rings. The highest BCUT2D eigenvalue weighted by molar-refractivity contribution is 6.30. The van der Waals surface area contributed by atoms with Crippen molar-refractivity contribution in [2.24, 2.45) is 11.7 Å². The Morgan fingerprint density at radius 1 is 0.964 bits per heavy atom. The van der Waals surface area contributed by atoms with E-state index in [1.807, 2.05) is 53.4 Å². The minimum atomic E-state index is -0.189. The average molecular weight is 398 g/mol. The largest absolute Gasteiger partial charge is 0.369 e. The monoisotopic (exact) mass is 397 g/mol. The molecule has 0 aliphatic carbocycles. The van der Waals surface area contributed by atoms with Crippen molar-refractivity contribution in [1.29, 1.82) is 0 Å². The number of piperidine rings is 1. The van der Waals surface area contributed by atoms with Gasteiger partial charge >= 0.3 is 0 Å². The zero-order valence-corrected chi connectivity index (χ0v) is 16.4. The van der Waals surface area contributed by atoms with Crippen molar-refractivity contribution in [3.8, 4) is 11.1 Å². The van der Waals surface area contributed by atoms with Crippen LogP contribution in [0.3, 0.4) is 0 Å². The highest BCUT2D eigenvalue weighted by atomic mass is 35.5. The Hall–Kier alpha value is -2.37. The van der Waals surface area contributed by atoms with Crippen molar-refractivity contribution >= 4 is 23.4 Å². The van der Waals surface area contributed by atoms with Crippen LogP contribution in [0.25, 0.3) is 11.1 Å². The fourth-order valence-electron chi connectivity index (χ4n) is 4.06. The quantitative estimate of drug-likeness (QED) is 0.862. The molecule has 0 unspecified atom stereocenters. The van der Waals surface area contributed by atoms with Gasteiger partial charge in [0.25, 0.3) is 5.91 Å². The Labute approximate surface area is 170 Å². The molecule has 6 heteroatoms. The molecular weight excluding hydrogens is 374 g/mol. The van der Waals surface area contributed by atoms with Gasteiger partial charge in [0.2, 0.25) is 5.91 Å². The Balaban J connectivity index is 1.32. The Kier molecular flexibility index (Phi) is 5.38. The first-order valence-corrected chi connectivity index (χ1v) is 10.1. The van der Waals surface area contributed by atoms with Gasteiger partial charge in [-0.05, 0) is 61.3 Å². The molecule has 2 aromatic carbocycles. The number of benzene rings is 2. The van der Waals surface area contributed by atoms with Gasteiger partial charge in [-0.3, -0.25) is 14.5 Å². The number of hydrogen-bond donors (Lipinski definition) is 1. The lowest BCUT2D eigenvalue weighted by molar-refractivity contribution is -0.123. The molecule has 146 valence electrons. The number of amides is 2. The maximum absolute atomic E-state index is 12.7. The van der Waals surface area contributed by atoms with Gasteiger partial charge in [0, 0.05) is 35.6 Å². The summed E-state index contributed by atoms with van der Waals surface area (Å²) in [6, 6.07) is 15.8. The van der Waals surface area contributed by atoms with Gasteiger partial charge in [0.15, 0.2) is 0 Å². The van der Waals surface area contributed by atoms with Crippen molar-refractivity contribution in [1.82, 2.24) is 9.80 Å². The fourth-order valence-corrected chi connectivity index (χ4v) is 4.25. The maximum Gasteiger partial charge on any atom is 0.253 e. The van der Waals surface area contributed by atoms with Crippen LogP contribution in [0.4, 0.5) is 0 Å². The normalized spacial score (nSPS) is 18.7. The predicted molar refractivity (Wildman–Crippen MR) is 110 cm³/mol. The van der Waals surface area contributed by atoms with E-state index in [-0.39, 0.29) is 17.7 Å². The molecule has 4 rings (SSSR count). The topological polar surface area (TPSA) is 66.6 Å². The number of halogens is 1. The second-order valence-electron chi connectivity index (χ2n) is 7.66. The lowest BCUT2D eigenvalue weighted by Crippen LogP contribution is -2.62. The zero-order valence-electron chi connectivity index (χ0n) is 15.7. The smallest absolute Gasteiger partial charge is 0.253 e. The van der Waals surface area contributed by atoms with Crippen LogP contribution < -0.4 is 5.73 Å². The van der Waals surface area contributed by atoms with Crippen molar-refractivity contribution in [2.45, 2.75) is 18.9 Å². The molecule has 0 bridgehead atoms. The summed E-state index contributed by atoms with van der Waals surface area (Å²) in [5.74, 6) is -0.112. The molecule has 5 nitrogen and oxygen atoms in total. The number of hydrogen-bond acceptors (Lipinski definition) is 3. The third kappa shape index (κ3) is 3.91. The van der Waals surface area contributed by atoms with Crippen molar-refractivity contribution in [2.75, 3.05) is 26.2 Å². The van der Waals surface area contributed by atoms with Gasteiger partial charge in [-0.2, -0.15) is 0 Å². The molecule has 2 saturated heterocycles. The molecule has 0 aromatic heterocycles. The number of nitrogens with two attached hydrogens (primary N) is 1. The van der Waals surface area contributed by atoms with Gasteiger partial charge in [-0.15, -0.1) is 0 Å². The number of carbonyl (C=O) groups excluding carboxylic acids is 2. The lowest BCUT2D eigenvalue weighted by atomic mass is 9.93. The van der Waals surface area contributed by atoms with E-state index in [0.717, 1.165) is 50.1 Å².